The summed E-state index contributed by atoms with van der Waals surface area (Å²) in [6.45, 7) is 0. The first-order valence-electron chi connectivity index (χ1n) is 5.90. The van der Waals surface area contributed by atoms with E-state index in [4.69, 9.17) is 0 Å². The molecule has 2 N–H and O–H groups in total. The van der Waals surface area contributed by atoms with Crippen LogP contribution in [0.25, 0.3) is 5.69 Å². The van der Waals surface area contributed by atoms with Gasteiger partial charge in [-0.05, 0) is 12.1 Å². The molecule has 2 rings (SSSR count). The van der Waals surface area contributed by atoms with Gasteiger partial charge in [-0.1, -0.05) is 34.7 Å². The Labute approximate surface area is 136 Å². The highest BCUT2D eigenvalue weighted by atomic mass is 127. The smallest absolute Gasteiger partial charge is 0.461 e. The Balaban J connectivity index is 2.52. The lowest BCUT2D eigenvalue weighted by Crippen LogP contribution is -2.33. The summed E-state index contributed by atoms with van der Waals surface area (Å²) in [5.41, 5.74) is 0.169. The molecule has 1 aromatic carbocycles. The van der Waals surface area contributed by atoms with Gasteiger partial charge in [-0.3, -0.25) is 0 Å². The molecule has 0 bridgehead atoms. The van der Waals surface area contributed by atoms with Gasteiger partial charge in [0.2, 0.25) is 5.88 Å². The van der Waals surface area contributed by atoms with E-state index in [0.29, 0.717) is 9.99 Å². The van der Waals surface area contributed by atoms with E-state index in [9.17, 15) is 27.8 Å². The monoisotopic (exact) mass is 431 g/mol. The summed E-state index contributed by atoms with van der Waals surface area (Å²) in [5, 5.41) is 19.8. The lowest BCUT2D eigenvalue weighted by molar-refractivity contribution is -0.253. The van der Waals surface area contributed by atoms with Crippen LogP contribution in [-0.4, -0.2) is 27.3 Å². The highest BCUT2D eigenvalue weighted by Gasteiger charge is 2.44. The van der Waals surface area contributed by atoms with Crippen LogP contribution in [0.1, 0.15) is 5.56 Å². The molecule has 0 saturated carbocycles. The van der Waals surface area contributed by atoms with E-state index in [-0.39, 0.29) is 11.6 Å². The molecule has 2 aromatic rings. The fourth-order valence-corrected chi connectivity index (χ4v) is 2.35. The molecule has 4 nitrogen and oxygen atoms in total. The molecule has 0 aliphatic carbocycles. The van der Waals surface area contributed by atoms with Crippen LogP contribution in [0.3, 0.4) is 0 Å². The summed E-state index contributed by atoms with van der Waals surface area (Å²) in [6.07, 6.45) is -8.71. The molecule has 120 valence electrons. The zero-order valence-electron chi connectivity index (χ0n) is 10.8. The number of nitrogens with zero attached hydrogens (tertiary/aromatic N) is 1. The van der Waals surface area contributed by atoms with Crippen molar-refractivity contribution in [3.63, 3.8) is 0 Å². The average Bonchev–Trinajstić information content (AvgIpc) is 2.73. The highest BCUT2D eigenvalue weighted by Crippen LogP contribution is 2.38. The van der Waals surface area contributed by atoms with Gasteiger partial charge in [0, 0.05) is 16.1 Å². The first-order valence-corrected chi connectivity index (χ1v) is 7.43. The average molecular weight is 431 g/mol. The zero-order valence-corrected chi connectivity index (χ0v) is 13.0. The first-order chi connectivity index (χ1) is 10.3. The maximum atomic E-state index is 13.1. The molecule has 9 heteroatoms. The number of rotatable bonds is 5. The first kappa shape index (κ1) is 16.7. The van der Waals surface area contributed by atoms with E-state index < -0.39 is 24.2 Å². The van der Waals surface area contributed by atoms with Gasteiger partial charge in [-0.15, -0.1) is 0 Å². The number of para-hydroxylation sites is 2. The number of halogens is 5. The third kappa shape index (κ3) is 3.08. The van der Waals surface area contributed by atoms with Gasteiger partial charge in [0.1, 0.15) is 0 Å². The van der Waals surface area contributed by atoms with Gasteiger partial charge in [-0.2, -0.15) is 17.6 Å². The third-order valence-electron chi connectivity index (χ3n) is 2.78. The summed E-state index contributed by atoms with van der Waals surface area (Å²) in [7, 11) is 0. The van der Waals surface area contributed by atoms with Crippen LogP contribution in [-0.2, 0) is 4.43 Å². The molecule has 0 spiro atoms. The van der Waals surface area contributed by atoms with Gasteiger partial charge >= 0.3 is 12.5 Å². The van der Waals surface area contributed by atoms with Gasteiger partial charge in [-0.25, -0.2) is 4.57 Å². The minimum Gasteiger partial charge on any atom is -0.494 e. The summed E-state index contributed by atoms with van der Waals surface area (Å²) < 4.78 is 56.0. The Morgan fingerprint density at radius 2 is 1.86 bits per heavy atom. The molecule has 1 aromatic heterocycles. The number of aromatic hydroxyl groups is 2. The second kappa shape index (κ2) is 6.23. The largest absolute Gasteiger partial charge is 0.494 e. The topological polar surface area (TPSA) is 54.6 Å². The molecule has 22 heavy (non-hydrogen) atoms. The van der Waals surface area contributed by atoms with E-state index in [1.807, 2.05) is 22.6 Å². The van der Waals surface area contributed by atoms with Crippen molar-refractivity contribution in [2.45, 2.75) is 17.0 Å². The predicted octanol–water partition coefficient (Wildman–Crippen LogP) is 4.06. The molecule has 0 unspecified atom stereocenters. The molecule has 0 fully saturated rings. The molecule has 0 radical (unpaired) electrons. The van der Waals surface area contributed by atoms with Crippen molar-refractivity contribution in [1.29, 1.82) is 0 Å². The number of alkyl halides is 5. The molecular weight excluding hydrogens is 421 g/mol. The number of benzene rings is 1. The SMILES string of the molecule is Oc1cc(CI)c(O)n1-c1ccccc1OC(F)(F)C(F)F. The van der Waals surface area contributed by atoms with Gasteiger partial charge < -0.3 is 14.9 Å². The van der Waals surface area contributed by atoms with Crippen LogP contribution in [0.2, 0.25) is 0 Å². The van der Waals surface area contributed by atoms with Crippen molar-refractivity contribution in [2.75, 3.05) is 0 Å². The minimum absolute atomic E-state index is 0.186. The Kier molecular flexibility index (Phi) is 4.73. The summed E-state index contributed by atoms with van der Waals surface area (Å²) >= 11 is 1.93. The van der Waals surface area contributed by atoms with Crippen molar-refractivity contribution in [3.05, 3.63) is 35.9 Å². The van der Waals surface area contributed by atoms with Crippen LogP contribution in [0.15, 0.2) is 30.3 Å². The summed E-state index contributed by atoms with van der Waals surface area (Å²) in [6, 6.07) is 6.24. The van der Waals surface area contributed by atoms with Crippen LogP contribution >= 0.6 is 22.6 Å². The lowest BCUT2D eigenvalue weighted by atomic mass is 10.3. The molecule has 0 amide bonds. The molecule has 0 atom stereocenters. The number of aromatic nitrogens is 1. The second-order valence-corrected chi connectivity index (χ2v) is 5.02. The van der Waals surface area contributed by atoms with E-state index in [0.717, 1.165) is 10.6 Å². The predicted molar refractivity (Wildman–Crippen MR) is 78.4 cm³/mol. The van der Waals surface area contributed by atoms with Crippen LogP contribution < -0.4 is 4.74 Å². The zero-order chi connectivity index (χ0) is 16.5. The quantitative estimate of drug-likeness (QED) is 0.427. The standard InChI is InChI=1S/C13H10F4INO3/c14-12(15)13(16,17)22-9-4-2-1-3-8(9)19-10(20)5-7(6-18)11(19)21/h1-5,12,20-21H,6H2. The van der Waals surface area contributed by atoms with Crippen molar-refractivity contribution >= 4 is 22.6 Å². The van der Waals surface area contributed by atoms with Gasteiger partial charge in [0.25, 0.3) is 0 Å². The van der Waals surface area contributed by atoms with Crippen LogP contribution in [0.4, 0.5) is 17.6 Å². The highest BCUT2D eigenvalue weighted by molar-refractivity contribution is 14.1. The van der Waals surface area contributed by atoms with E-state index in [1.165, 1.54) is 24.3 Å². The van der Waals surface area contributed by atoms with E-state index >= 15 is 0 Å². The Bertz CT molecular complexity index is 675. The minimum atomic E-state index is -4.69. The van der Waals surface area contributed by atoms with E-state index in [2.05, 4.69) is 4.74 Å². The summed E-state index contributed by atoms with van der Waals surface area (Å²) in [4.78, 5) is 0. The Morgan fingerprint density at radius 1 is 1.23 bits per heavy atom. The normalized spacial score (nSPS) is 11.9. The number of ether oxygens (including phenoxy) is 1. The number of hydrogen-bond donors (Lipinski definition) is 2. The lowest BCUT2D eigenvalue weighted by Gasteiger charge is -2.19. The van der Waals surface area contributed by atoms with Crippen molar-refractivity contribution in [3.8, 4) is 23.2 Å². The summed E-state index contributed by atoms with van der Waals surface area (Å²) in [5.74, 6) is -1.42. The second-order valence-electron chi connectivity index (χ2n) is 4.25. The fourth-order valence-electron chi connectivity index (χ4n) is 1.79. The van der Waals surface area contributed by atoms with Gasteiger partial charge in [0.05, 0.1) is 5.69 Å². The molecule has 0 aliphatic heterocycles. The van der Waals surface area contributed by atoms with Crippen molar-refractivity contribution in [2.24, 2.45) is 0 Å². The Morgan fingerprint density at radius 3 is 2.41 bits per heavy atom. The third-order valence-corrected chi connectivity index (χ3v) is 3.60. The van der Waals surface area contributed by atoms with Crippen LogP contribution in [0.5, 0.6) is 17.5 Å². The maximum Gasteiger partial charge on any atom is 0.461 e. The Hall–Kier alpha value is -1.65. The van der Waals surface area contributed by atoms with Crippen LogP contribution in [0, 0.1) is 0 Å². The molecule has 0 saturated heterocycles. The molecule has 1 heterocycles. The molecular formula is C13H10F4INO3. The van der Waals surface area contributed by atoms with Crippen molar-refractivity contribution in [1.82, 2.24) is 4.57 Å². The van der Waals surface area contributed by atoms with Crippen molar-refractivity contribution < 1.29 is 32.5 Å². The van der Waals surface area contributed by atoms with E-state index in [1.54, 1.807) is 0 Å². The van der Waals surface area contributed by atoms with Gasteiger partial charge in [0.15, 0.2) is 11.6 Å². The number of hydrogen-bond acceptors (Lipinski definition) is 3. The molecule has 0 aliphatic rings. The maximum absolute atomic E-state index is 13.1. The fraction of sp³-hybridized carbons (Fsp3) is 0.231.